The van der Waals surface area contributed by atoms with Crippen molar-refractivity contribution < 1.29 is 19.1 Å². The van der Waals surface area contributed by atoms with Gasteiger partial charge in [-0.2, -0.15) is 0 Å². The number of hydrogen-bond donors (Lipinski definition) is 1. The van der Waals surface area contributed by atoms with Gasteiger partial charge < -0.3 is 14.8 Å². The van der Waals surface area contributed by atoms with Crippen LogP contribution in [0, 0.1) is 0 Å². The maximum absolute atomic E-state index is 12.2. The van der Waals surface area contributed by atoms with E-state index in [1.54, 1.807) is 31.2 Å². The van der Waals surface area contributed by atoms with Gasteiger partial charge in [0.05, 0.1) is 11.7 Å². The third kappa shape index (κ3) is 6.54. The van der Waals surface area contributed by atoms with Crippen LogP contribution in [0.1, 0.15) is 63.2 Å². The molecule has 1 aromatic rings. The van der Waals surface area contributed by atoms with Crippen LogP contribution in [0.2, 0.25) is 0 Å². The standard InChI is InChI=1S/C21H29NO4/c1-15(2)25-19-11-9-18(10-12-19)21(24)26-16(3)20(23)22-14-13-17-7-5-4-6-8-17/h7,9-12,15-16H,4-6,8,13-14H2,1-3H3,(H,22,23)/t16-/m0/s1. The number of allylic oxidation sites excluding steroid dienone is 1. The molecule has 1 aliphatic carbocycles. The van der Waals surface area contributed by atoms with Crippen LogP contribution in [0.3, 0.4) is 0 Å². The van der Waals surface area contributed by atoms with Gasteiger partial charge in [-0.15, -0.1) is 0 Å². The van der Waals surface area contributed by atoms with Crippen molar-refractivity contribution in [1.82, 2.24) is 5.32 Å². The smallest absolute Gasteiger partial charge is 0.338 e. The largest absolute Gasteiger partial charge is 0.491 e. The van der Waals surface area contributed by atoms with E-state index in [-0.39, 0.29) is 12.0 Å². The molecular formula is C21H29NO4. The first-order valence-electron chi connectivity index (χ1n) is 9.39. The second-order valence-electron chi connectivity index (χ2n) is 6.89. The summed E-state index contributed by atoms with van der Waals surface area (Å²) in [6.07, 6.45) is 7.13. The van der Waals surface area contributed by atoms with Gasteiger partial charge in [-0.25, -0.2) is 4.79 Å². The number of ether oxygens (including phenoxy) is 2. The molecule has 0 aliphatic heterocycles. The van der Waals surface area contributed by atoms with E-state index >= 15 is 0 Å². The predicted molar refractivity (Wildman–Crippen MR) is 101 cm³/mol. The minimum Gasteiger partial charge on any atom is -0.491 e. The lowest BCUT2D eigenvalue weighted by Gasteiger charge is -2.16. The van der Waals surface area contributed by atoms with Crippen LogP contribution < -0.4 is 10.1 Å². The molecule has 5 nitrogen and oxygen atoms in total. The molecule has 0 aromatic heterocycles. The Kier molecular flexibility index (Phi) is 7.70. The summed E-state index contributed by atoms with van der Waals surface area (Å²) < 4.78 is 10.8. The summed E-state index contributed by atoms with van der Waals surface area (Å²) in [5.74, 6) is -0.0902. The van der Waals surface area contributed by atoms with Crippen LogP contribution in [-0.2, 0) is 9.53 Å². The maximum Gasteiger partial charge on any atom is 0.338 e. The SMILES string of the molecule is CC(C)Oc1ccc(C(=O)O[C@@H](C)C(=O)NCCC2=CCCCC2)cc1. The number of rotatable bonds is 8. The number of esters is 1. The van der Waals surface area contributed by atoms with Gasteiger partial charge in [0.15, 0.2) is 6.10 Å². The molecule has 1 amide bonds. The first kappa shape index (κ1) is 20.0. The lowest BCUT2D eigenvalue weighted by atomic mass is 9.97. The zero-order valence-electron chi connectivity index (χ0n) is 15.9. The van der Waals surface area contributed by atoms with Gasteiger partial charge in [0.1, 0.15) is 5.75 Å². The van der Waals surface area contributed by atoms with Crippen LogP contribution in [0.25, 0.3) is 0 Å². The van der Waals surface area contributed by atoms with Gasteiger partial charge >= 0.3 is 5.97 Å². The second-order valence-corrected chi connectivity index (χ2v) is 6.89. The van der Waals surface area contributed by atoms with Crippen molar-refractivity contribution in [3.63, 3.8) is 0 Å². The predicted octanol–water partition coefficient (Wildman–Crippen LogP) is 4.03. The number of benzene rings is 1. The summed E-state index contributed by atoms with van der Waals surface area (Å²) in [7, 11) is 0. The summed E-state index contributed by atoms with van der Waals surface area (Å²) in [6.45, 7) is 6.04. The minimum atomic E-state index is -0.825. The fourth-order valence-electron chi connectivity index (χ4n) is 2.85. The van der Waals surface area contributed by atoms with Crippen molar-refractivity contribution in [3.8, 4) is 5.75 Å². The fourth-order valence-corrected chi connectivity index (χ4v) is 2.85. The number of carbonyl (C=O) groups excluding carboxylic acids is 2. The molecule has 0 saturated heterocycles. The van der Waals surface area contributed by atoms with E-state index in [9.17, 15) is 9.59 Å². The summed E-state index contributed by atoms with van der Waals surface area (Å²) in [5.41, 5.74) is 1.80. The molecule has 0 spiro atoms. The average molecular weight is 359 g/mol. The Labute approximate surface area is 155 Å². The maximum atomic E-state index is 12.2. The highest BCUT2D eigenvalue weighted by Crippen LogP contribution is 2.19. The summed E-state index contributed by atoms with van der Waals surface area (Å²) in [5, 5.41) is 2.84. The summed E-state index contributed by atoms with van der Waals surface area (Å²) >= 11 is 0. The number of carbonyl (C=O) groups is 2. The molecule has 0 radical (unpaired) electrons. The van der Waals surface area contributed by atoms with E-state index in [1.807, 2.05) is 13.8 Å². The molecular weight excluding hydrogens is 330 g/mol. The molecule has 0 saturated carbocycles. The lowest BCUT2D eigenvalue weighted by molar-refractivity contribution is -0.129. The highest BCUT2D eigenvalue weighted by Gasteiger charge is 2.18. The van der Waals surface area contributed by atoms with E-state index in [0.29, 0.717) is 17.9 Å². The molecule has 0 bridgehead atoms. The van der Waals surface area contributed by atoms with E-state index in [4.69, 9.17) is 9.47 Å². The van der Waals surface area contributed by atoms with Crippen LogP contribution in [0.5, 0.6) is 5.75 Å². The topological polar surface area (TPSA) is 64.6 Å². The van der Waals surface area contributed by atoms with E-state index < -0.39 is 12.1 Å². The van der Waals surface area contributed by atoms with Crippen molar-refractivity contribution in [2.75, 3.05) is 6.54 Å². The molecule has 26 heavy (non-hydrogen) atoms. The molecule has 1 atom stereocenters. The third-order valence-electron chi connectivity index (χ3n) is 4.25. The van der Waals surface area contributed by atoms with Crippen molar-refractivity contribution in [2.45, 2.75) is 65.1 Å². The quantitative estimate of drug-likeness (QED) is 0.562. The summed E-state index contributed by atoms with van der Waals surface area (Å²) in [4.78, 5) is 24.3. The van der Waals surface area contributed by atoms with Gasteiger partial charge in [-0.05, 0) is 77.1 Å². The molecule has 5 heteroatoms. The van der Waals surface area contributed by atoms with Crippen molar-refractivity contribution in [1.29, 1.82) is 0 Å². The van der Waals surface area contributed by atoms with Gasteiger partial charge in [-0.3, -0.25) is 4.79 Å². The molecule has 142 valence electrons. The first-order chi connectivity index (χ1) is 12.5. The fraction of sp³-hybridized carbons (Fsp3) is 0.524. The molecule has 0 heterocycles. The highest BCUT2D eigenvalue weighted by atomic mass is 16.5. The third-order valence-corrected chi connectivity index (χ3v) is 4.25. The Balaban J connectivity index is 1.76. The van der Waals surface area contributed by atoms with Crippen LogP contribution >= 0.6 is 0 Å². The zero-order valence-corrected chi connectivity index (χ0v) is 15.9. The van der Waals surface area contributed by atoms with E-state index in [0.717, 1.165) is 19.3 Å². The van der Waals surface area contributed by atoms with Gasteiger partial charge in [-0.1, -0.05) is 11.6 Å². The number of nitrogens with one attached hydrogen (secondary N) is 1. The van der Waals surface area contributed by atoms with Crippen LogP contribution in [0.4, 0.5) is 0 Å². The van der Waals surface area contributed by atoms with E-state index in [2.05, 4.69) is 11.4 Å². The highest BCUT2D eigenvalue weighted by molar-refractivity contribution is 5.92. The van der Waals surface area contributed by atoms with Gasteiger partial charge in [0.2, 0.25) is 0 Å². The Bertz CT molecular complexity index is 634. The monoisotopic (exact) mass is 359 g/mol. The lowest BCUT2D eigenvalue weighted by Crippen LogP contribution is -2.36. The normalized spacial score (nSPS) is 15.2. The molecule has 0 fully saturated rings. The Hall–Kier alpha value is -2.30. The molecule has 1 aromatic carbocycles. The van der Waals surface area contributed by atoms with Crippen molar-refractivity contribution in [3.05, 3.63) is 41.5 Å². The van der Waals surface area contributed by atoms with Gasteiger partial charge in [0.25, 0.3) is 5.91 Å². The second kappa shape index (κ2) is 10.00. The Morgan fingerprint density at radius 1 is 1.12 bits per heavy atom. The molecule has 1 N–H and O–H groups in total. The van der Waals surface area contributed by atoms with Crippen molar-refractivity contribution in [2.24, 2.45) is 0 Å². The Morgan fingerprint density at radius 2 is 1.85 bits per heavy atom. The zero-order chi connectivity index (χ0) is 18.9. The van der Waals surface area contributed by atoms with Crippen LogP contribution in [-0.4, -0.2) is 30.6 Å². The van der Waals surface area contributed by atoms with E-state index in [1.165, 1.54) is 18.4 Å². The molecule has 2 rings (SSSR count). The average Bonchev–Trinajstić information content (AvgIpc) is 2.62. The Morgan fingerprint density at radius 3 is 2.46 bits per heavy atom. The number of amides is 1. The minimum absolute atomic E-state index is 0.0703. The van der Waals surface area contributed by atoms with Crippen LogP contribution in [0.15, 0.2) is 35.9 Å². The summed E-state index contributed by atoms with van der Waals surface area (Å²) in [6, 6.07) is 6.72. The molecule has 1 aliphatic rings. The van der Waals surface area contributed by atoms with Gasteiger partial charge in [0, 0.05) is 6.54 Å². The first-order valence-corrected chi connectivity index (χ1v) is 9.39. The number of hydrogen-bond acceptors (Lipinski definition) is 4. The molecule has 0 unspecified atom stereocenters. The van der Waals surface area contributed by atoms with Crippen molar-refractivity contribution >= 4 is 11.9 Å².